The summed E-state index contributed by atoms with van der Waals surface area (Å²) >= 11 is 4.56. The lowest BCUT2D eigenvalue weighted by Gasteiger charge is -2.09. The molecule has 0 unspecified atom stereocenters. The quantitative estimate of drug-likeness (QED) is 0.434. The van der Waals surface area contributed by atoms with Crippen molar-refractivity contribution in [3.8, 4) is 0 Å². The van der Waals surface area contributed by atoms with Crippen LogP contribution < -0.4 is 10.9 Å². The number of ether oxygens (including phenoxy) is 1. The number of benzene rings is 1. The van der Waals surface area contributed by atoms with E-state index in [-0.39, 0.29) is 5.56 Å². The second kappa shape index (κ2) is 9.19. The molecule has 2 aromatic rings. The van der Waals surface area contributed by atoms with Gasteiger partial charge in [0.1, 0.15) is 5.03 Å². The first-order valence-electron chi connectivity index (χ1n) is 7.02. The van der Waals surface area contributed by atoms with Crippen molar-refractivity contribution in [3.63, 3.8) is 0 Å². The molecule has 0 radical (unpaired) electrons. The van der Waals surface area contributed by atoms with Crippen LogP contribution in [0, 0.1) is 0 Å². The highest BCUT2D eigenvalue weighted by atomic mass is 79.9. The van der Waals surface area contributed by atoms with E-state index in [1.807, 2.05) is 0 Å². The Morgan fingerprint density at radius 1 is 1.16 bits per heavy atom. The number of hydrazine groups is 1. The van der Waals surface area contributed by atoms with Gasteiger partial charge in [-0.2, -0.15) is 0 Å². The Hall–Kier alpha value is -2.39. The second-order valence-electron chi connectivity index (χ2n) is 4.65. The van der Waals surface area contributed by atoms with Gasteiger partial charge in [0.2, 0.25) is 0 Å². The zero-order valence-electron chi connectivity index (χ0n) is 13.1. The molecule has 0 bridgehead atoms. The number of carbonyl (C=O) groups excluding carboxylic acids is 3. The minimum atomic E-state index is -0.660. The van der Waals surface area contributed by atoms with Crippen molar-refractivity contribution in [2.45, 2.75) is 5.03 Å². The molecule has 0 saturated carbocycles. The Kier molecular flexibility index (Phi) is 6.96. The Balaban J connectivity index is 1.81. The fraction of sp³-hybridized carbons (Fsp3) is 0.125. The third-order valence-electron chi connectivity index (χ3n) is 2.94. The van der Waals surface area contributed by atoms with Crippen LogP contribution in [0.2, 0.25) is 0 Å². The standard InChI is InChI=1S/C16H14BrN3O4S/c1-25-15-12(3-2-8-18-15)16(23)24-9-13(21)19-20-14(22)10-4-6-11(17)7-5-10/h2-8H,9H2,1H3,(H,19,21)(H,20,22). The Morgan fingerprint density at radius 3 is 2.56 bits per heavy atom. The molecule has 0 atom stereocenters. The number of amides is 2. The summed E-state index contributed by atoms with van der Waals surface area (Å²) in [5.41, 5.74) is 5.08. The van der Waals surface area contributed by atoms with E-state index in [1.165, 1.54) is 11.8 Å². The van der Waals surface area contributed by atoms with E-state index >= 15 is 0 Å². The average molecular weight is 424 g/mol. The van der Waals surface area contributed by atoms with Gasteiger partial charge in [-0.1, -0.05) is 15.9 Å². The molecule has 0 saturated heterocycles. The second-order valence-corrected chi connectivity index (χ2v) is 6.36. The number of halogens is 1. The van der Waals surface area contributed by atoms with Crippen molar-refractivity contribution in [3.05, 3.63) is 58.2 Å². The van der Waals surface area contributed by atoms with Crippen LogP contribution >= 0.6 is 27.7 Å². The van der Waals surface area contributed by atoms with Crippen molar-refractivity contribution in [1.29, 1.82) is 0 Å². The number of hydrogen-bond donors (Lipinski definition) is 2. The summed E-state index contributed by atoms with van der Waals surface area (Å²) in [5, 5.41) is 0.511. The third kappa shape index (κ3) is 5.57. The molecule has 2 N–H and O–H groups in total. The van der Waals surface area contributed by atoms with Gasteiger partial charge in [0.05, 0.1) is 5.56 Å². The first kappa shape index (κ1) is 18.9. The van der Waals surface area contributed by atoms with E-state index in [4.69, 9.17) is 4.74 Å². The van der Waals surface area contributed by atoms with Crippen LogP contribution in [-0.2, 0) is 9.53 Å². The molecule has 130 valence electrons. The highest BCUT2D eigenvalue weighted by molar-refractivity contribution is 9.10. The van der Waals surface area contributed by atoms with Crippen LogP contribution in [0.4, 0.5) is 0 Å². The molecule has 0 aliphatic rings. The average Bonchev–Trinajstić information content (AvgIpc) is 2.64. The summed E-state index contributed by atoms with van der Waals surface area (Å²) in [6, 6.07) is 9.77. The van der Waals surface area contributed by atoms with Crippen LogP contribution in [0.3, 0.4) is 0 Å². The van der Waals surface area contributed by atoms with Crippen molar-refractivity contribution in [2.75, 3.05) is 12.9 Å². The van der Waals surface area contributed by atoms with Gasteiger partial charge in [0, 0.05) is 16.2 Å². The molecule has 0 aliphatic heterocycles. The summed E-state index contributed by atoms with van der Waals surface area (Å²) in [6.45, 7) is -0.526. The summed E-state index contributed by atoms with van der Waals surface area (Å²) in [5.74, 6) is -1.80. The number of pyridine rings is 1. The van der Waals surface area contributed by atoms with Gasteiger partial charge in [0.15, 0.2) is 6.61 Å². The van der Waals surface area contributed by atoms with Crippen LogP contribution in [0.15, 0.2) is 52.1 Å². The van der Waals surface area contributed by atoms with Crippen LogP contribution in [0.5, 0.6) is 0 Å². The van der Waals surface area contributed by atoms with E-state index < -0.39 is 24.4 Å². The predicted octanol–water partition coefficient (Wildman–Crippen LogP) is 2.18. The molecule has 0 spiro atoms. The molecule has 9 heteroatoms. The molecule has 1 aromatic carbocycles. The molecule has 2 amide bonds. The maximum absolute atomic E-state index is 12.0. The number of carbonyl (C=O) groups is 3. The molecule has 25 heavy (non-hydrogen) atoms. The molecule has 1 heterocycles. The SMILES string of the molecule is CSc1ncccc1C(=O)OCC(=O)NNC(=O)c1ccc(Br)cc1. The van der Waals surface area contributed by atoms with E-state index in [1.54, 1.807) is 48.9 Å². The molecular weight excluding hydrogens is 410 g/mol. The van der Waals surface area contributed by atoms with Crippen LogP contribution in [0.25, 0.3) is 0 Å². The molecule has 2 rings (SSSR count). The zero-order valence-corrected chi connectivity index (χ0v) is 15.5. The normalized spacial score (nSPS) is 10.0. The number of nitrogens with zero attached hydrogens (tertiary/aromatic N) is 1. The highest BCUT2D eigenvalue weighted by Crippen LogP contribution is 2.17. The fourth-order valence-corrected chi connectivity index (χ4v) is 2.56. The molecule has 0 aliphatic carbocycles. The van der Waals surface area contributed by atoms with E-state index in [9.17, 15) is 14.4 Å². The van der Waals surface area contributed by atoms with Crippen molar-refractivity contribution in [2.24, 2.45) is 0 Å². The van der Waals surface area contributed by atoms with E-state index in [0.29, 0.717) is 10.6 Å². The largest absolute Gasteiger partial charge is 0.452 e. The lowest BCUT2D eigenvalue weighted by atomic mass is 10.2. The molecular formula is C16H14BrN3O4S. The smallest absolute Gasteiger partial charge is 0.341 e. The molecule has 0 fully saturated rings. The summed E-state index contributed by atoms with van der Waals surface area (Å²) in [4.78, 5) is 39.6. The number of aromatic nitrogens is 1. The number of hydrogen-bond acceptors (Lipinski definition) is 6. The maximum Gasteiger partial charge on any atom is 0.341 e. The summed E-state index contributed by atoms with van der Waals surface area (Å²) in [7, 11) is 0. The first-order chi connectivity index (χ1) is 12.0. The van der Waals surface area contributed by atoms with Gasteiger partial charge < -0.3 is 4.74 Å². The van der Waals surface area contributed by atoms with Crippen molar-refractivity contribution >= 4 is 45.5 Å². The number of rotatable bonds is 5. The Morgan fingerprint density at radius 2 is 1.88 bits per heavy atom. The van der Waals surface area contributed by atoms with Gasteiger partial charge in [-0.15, -0.1) is 11.8 Å². The molecule has 7 nitrogen and oxygen atoms in total. The van der Waals surface area contributed by atoms with E-state index in [2.05, 4.69) is 31.8 Å². The fourth-order valence-electron chi connectivity index (χ4n) is 1.75. The zero-order chi connectivity index (χ0) is 18.2. The maximum atomic E-state index is 12.0. The van der Waals surface area contributed by atoms with Gasteiger partial charge >= 0.3 is 5.97 Å². The van der Waals surface area contributed by atoms with E-state index in [0.717, 1.165) is 4.47 Å². The Labute approximate surface area is 156 Å². The highest BCUT2D eigenvalue weighted by Gasteiger charge is 2.15. The van der Waals surface area contributed by atoms with Gasteiger partial charge in [-0.05, 0) is 42.7 Å². The summed E-state index contributed by atoms with van der Waals surface area (Å²) in [6.07, 6.45) is 3.34. The molecule has 1 aromatic heterocycles. The minimum absolute atomic E-state index is 0.279. The van der Waals surface area contributed by atoms with Crippen molar-refractivity contribution in [1.82, 2.24) is 15.8 Å². The lowest BCUT2D eigenvalue weighted by Crippen LogP contribution is -2.43. The number of nitrogens with one attached hydrogen (secondary N) is 2. The number of esters is 1. The monoisotopic (exact) mass is 423 g/mol. The van der Waals surface area contributed by atoms with Crippen LogP contribution in [-0.4, -0.2) is 35.6 Å². The first-order valence-corrected chi connectivity index (χ1v) is 9.04. The van der Waals surface area contributed by atoms with Gasteiger partial charge in [-0.3, -0.25) is 20.4 Å². The topological polar surface area (TPSA) is 97.4 Å². The van der Waals surface area contributed by atoms with Gasteiger partial charge in [0.25, 0.3) is 11.8 Å². The van der Waals surface area contributed by atoms with Crippen molar-refractivity contribution < 1.29 is 19.1 Å². The minimum Gasteiger partial charge on any atom is -0.452 e. The summed E-state index contributed by atoms with van der Waals surface area (Å²) < 4.78 is 5.76. The third-order valence-corrected chi connectivity index (χ3v) is 4.18. The number of thioether (sulfide) groups is 1. The Bertz CT molecular complexity index is 783. The van der Waals surface area contributed by atoms with Crippen LogP contribution in [0.1, 0.15) is 20.7 Å². The van der Waals surface area contributed by atoms with Gasteiger partial charge in [-0.25, -0.2) is 9.78 Å². The predicted molar refractivity (Wildman–Crippen MR) is 96.1 cm³/mol. The lowest BCUT2D eigenvalue weighted by molar-refractivity contribution is -0.125.